The van der Waals surface area contributed by atoms with Crippen LogP contribution in [-0.4, -0.2) is 21.2 Å². The second-order valence-corrected chi connectivity index (χ2v) is 6.06. The van der Waals surface area contributed by atoms with E-state index < -0.39 is 5.97 Å². The van der Waals surface area contributed by atoms with Crippen LogP contribution in [0.4, 0.5) is 0 Å². The van der Waals surface area contributed by atoms with E-state index in [2.05, 4.69) is 10.1 Å². The second-order valence-electron chi connectivity index (χ2n) is 5.21. The molecule has 0 atom stereocenters. The van der Waals surface area contributed by atoms with Crippen molar-refractivity contribution in [3.63, 3.8) is 0 Å². The van der Waals surface area contributed by atoms with Gasteiger partial charge in [0.1, 0.15) is 5.76 Å². The quantitative estimate of drug-likeness (QED) is 0.931. The lowest BCUT2D eigenvalue weighted by atomic mass is 9.86. The summed E-state index contributed by atoms with van der Waals surface area (Å²) in [7, 11) is 0. The van der Waals surface area contributed by atoms with E-state index in [1.54, 1.807) is 5.38 Å². The number of carboxylic acid groups (broad SMARTS) is 1. The zero-order valence-electron chi connectivity index (χ0n) is 11.4. The van der Waals surface area contributed by atoms with Crippen LogP contribution in [0.3, 0.4) is 0 Å². The molecule has 19 heavy (non-hydrogen) atoms. The van der Waals surface area contributed by atoms with Crippen LogP contribution in [-0.2, 0) is 11.8 Å². The third-order valence-corrected chi connectivity index (χ3v) is 4.31. The fourth-order valence-corrected chi connectivity index (χ4v) is 2.87. The Bertz CT molecular complexity index is 594. The highest BCUT2D eigenvalue weighted by Crippen LogP contribution is 2.32. The van der Waals surface area contributed by atoms with Crippen molar-refractivity contribution in [2.24, 2.45) is 0 Å². The first-order valence-electron chi connectivity index (χ1n) is 5.92. The van der Waals surface area contributed by atoms with Crippen molar-refractivity contribution < 1.29 is 14.4 Å². The largest absolute Gasteiger partial charge is 0.476 e. The van der Waals surface area contributed by atoms with Gasteiger partial charge in [0.05, 0.1) is 10.7 Å². The molecule has 0 aliphatic heterocycles. The van der Waals surface area contributed by atoms with Gasteiger partial charge in [0.2, 0.25) is 0 Å². The van der Waals surface area contributed by atoms with Gasteiger partial charge in [0.25, 0.3) is 0 Å². The van der Waals surface area contributed by atoms with E-state index in [1.807, 2.05) is 27.7 Å². The molecular weight excluding hydrogens is 264 g/mol. The number of rotatable bonds is 4. The van der Waals surface area contributed by atoms with Gasteiger partial charge in [-0.15, -0.1) is 11.3 Å². The maximum Gasteiger partial charge on any atom is 0.355 e. The van der Waals surface area contributed by atoms with Crippen LogP contribution in [0.1, 0.15) is 46.4 Å². The first kappa shape index (κ1) is 13.7. The molecule has 0 aliphatic rings. The van der Waals surface area contributed by atoms with Crippen molar-refractivity contribution >= 4 is 17.3 Å². The summed E-state index contributed by atoms with van der Waals surface area (Å²) in [5.41, 5.74) is 1.80. The molecule has 0 radical (unpaired) electrons. The molecule has 0 bridgehead atoms. The number of carbonyl (C=O) groups is 1. The average molecular weight is 280 g/mol. The van der Waals surface area contributed by atoms with Crippen LogP contribution < -0.4 is 0 Å². The Morgan fingerprint density at radius 2 is 2.16 bits per heavy atom. The van der Waals surface area contributed by atoms with E-state index in [9.17, 15) is 4.79 Å². The first-order chi connectivity index (χ1) is 8.81. The van der Waals surface area contributed by atoms with Crippen LogP contribution in [0.25, 0.3) is 0 Å². The van der Waals surface area contributed by atoms with Crippen molar-refractivity contribution in [3.8, 4) is 0 Å². The number of aryl methyl sites for hydroxylation is 2. The van der Waals surface area contributed by atoms with Gasteiger partial charge >= 0.3 is 5.97 Å². The van der Waals surface area contributed by atoms with Crippen molar-refractivity contribution in [1.29, 1.82) is 0 Å². The Hall–Kier alpha value is -1.69. The smallest absolute Gasteiger partial charge is 0.355 e. The molecule has 2 heterocycles. The zero-order valence-corrected chi connectivity index (χ0v) is 12.2. The lowest BCUT2D eigenvalue weighted by molar-refractivity contribution is 0.0691. The molecule has 0 unspecified atom stereocenters. The van der Waals surface area contributed by atoms with Crippen LogP contribution in [0.5, 0.6) is 0 Å². The predicted octanol–water partition coefficient (Wildman–Crippen LogP) is 2.97. The molecule has 0 aromatic carbocycles. The highest BCUT2D eigenvalue weighted by Gasteiger charge is 2.28. The maximum absolute atomic E-state index is 10.9. The number of aromatic carboxylic acids is 1. The molecule has 0 saturated carbocycles. The Kier molecular flexibility index (Phi) is 3.45. The Balaban J connectivity index is 2.29. The third-order valence-electron chi connectivity index (χ3n) is 3.10. The summed E-state index contributed by atoms with van der Waals surface area (Å²) in [5, 5.41) is 15.3. The van der Waals surface area contributed by atoms with Crippen LogP contribution >= 0.6 is 11.3 Å². The number of thiazole rings is 1. The van der Waals surface area contributed by atoms with E-state index in [0.717, 1.165) is 28.4 Å². The highest BCUT2D eigenvalue weighted by molar-refractivity contribution is 7.10. The fourth-order valence-electron chi connectivity index (χ4n) is 1.95. The molecule has 1 N–H and O–H groups in total. The SMILES string of the molecule is Cc1noc(C)c1CC(C)(C)c1nc(C(=O)O)cs1. The summed E-state index contributed by atoms with van der Waals surface area (Å²) < 4.78 is 5.16. The van der Waals surface area contributed by atoms with Crippen LogP contribution in [0.15, 0.2) is 9.90 Å². The normalized spacial score (nSPS) is 11.8. The number of aromatic nitrogens is 2. The molecule has 102 valence electrons. The van der Waals surface area contributed by atoms with Crippen LogP contribution in [0.2, 0.25) is 0 Å². The Morgan fingerprint density at radius 1 is 1.47 bits per heavy atom. The van der Waals surface area contributed by atoms with Gasteiger partial charge in [-0.3, -0.25) is 0 Å². The first-order valence-corrected chi connectivity index (χ1v) is 6.80. The molecule has 0 saturated heterocycles. The molecule has 0 fully saturated rings. The minimum absolute atomic E-state index is 0.104. The summed E-state index contributed by atoms with van der Waals surface area (Å²) in [6.07, 6.45) is 0.723. The van der Waals surface area contributed by atoms with Gasteiger partial charge in [-0.1, -0.05) is 19.0 Å². The van der Waals surface area contributed by atoms with Gasteiger partial charge in [0, 0.05) is 16.4 Å². The fraction of sp³-hybridized carbons (Fsp3) is 0.462. The molecule has 0 aliphatic carbocycles. The van der Waals surface area contributed by atoms with Gasteiger partial charge in [-0.05, 0) is 20.3 Å². The van der Waals surface area contributed by atoms with E-state index in [0.29, 0.717) is 0 Å². The molecule has 6 heteroatoms. The Labute approximate surface area is 115 Å². The van der Waals surface area contributed by atoms with Crippen molar-refractivity contribution in [2.45, 2.75) is 39.5 Å². The van der Waals surface area contributed by atoms with Crippen LogP contribution in [0, 0.1) is 13.8 Å². The minimum atomic E-state index is -0.990. The van der Waals surface area contributed by atoms with Crippen molar-refractivity contribution in [2.75, 3.05) is 0 Å². The van der Waals surface area contributed by atoms with E-state index in [1.165, 1.54) is 11.3 Å². The molecule has 0 spiro atoms. The monoisotopic (exact) mass is 280 g/mol. The van der Waals surface area contributed by atoms with Gasteiger partial charge in [-0.2, -0.15) is 0 Å². The maximum atomic E-state index is 10.9. The Morgan fingerprint density at radius 3 is 2.63 bits per heavy atom. The zero-order chi connectivity index (χ0) is 14.2. The standard InChI is InChI=1S/C13H16N2O3S/c1-7-9(8(2)18-15-7)5-13(3,4)12-14-10(6-19-12)11(16)17/h6H,5H2,1-4H3,(H,16,17). The lowest BCUT2D eigenvalue weighted by Crippen LogP contribution is -2.21. The number of carboxylic acids is 1. The number of nitrogens with zero attached hydrogens (tertiary/aromatic N) is 2. The summed E-state index contributed by atoms with van der Waals surface area (Å²) >= 11 is 1.38. The van der Waals surface area contributed by atoms with E-state index >= 15 is 0 Å². The molecule has 2 aromatic rings. The molecule has 2 rings (SSSR count). The van der Waals surface area contributed by atoms with E-state index in [-0.39, 0.29) is 11.1 Å². The average Bonchev–Trinajstić information content (AvgIpc) is 2.92. The van der Waals surface area contributed by atoms with E-state index in [4.69, 9.17) is 9.63 Å². The molecular formula is C13H16N2O3S. The van der Waals surface area contributed by atoms with Gasteiger partial charge < -0.3 is 9.63 Å². The number of hydrogen-bond acceptors (Lipinski definition) is 5. The third kappa shape index (κ3) is 2.68. The molecule has 0 amide bonds. The molecule has 2 aromatic heterocycles. The minimum Gasteiger partial charge on any atom is -0.476 e. The highest BCUT2D eigenvalue weighted by atomic mass is 32.1. The summed E-state index contributed by atoms with van der Waals surface area (Å²) in [4.78, 5) is 15.1. The topological polar surface area (TPSA) is 76.2 Å². The molecule has 5 nitrogen and oxygen atoms in total. The van der Waals surface area contributed by atoms with Gasteiger partial charge in [-0.25, -0.2) is 9.78 Å². The van der Waals surface area contributed by atoms with Gasteiger partial charge in [0.15, 0.2) is 5.69 Å². The lowest BCUT2D eigenvalue weighted by Gasteiger charge is -2.21. The second kappa shape index (κ2) is 4.77. The predicted molar refractivity (Wildman–Crippen MR) is 71.8 cm³/mol. The van der Waals surface area contributed by atoms with Crippen molar-refractivity contribution in [1.82, 2.24) is 10.1 Å². The summed E-state index contributed by atoms with van der Waals surface area (Å²) in [6.45, 7) is 7.88. The van der Waals surface area contributed by atoms with Crippen molar-refractivity contribution in [3.05, 3.63) is 33.1 Å². The summed E-state index contributed by atoms with van der Waals surface area (Å²) in [5.74, 6) is -0.184. The summed E-state index contributed by atoms with van der Waals surface area (Å²) in [6, 6.07) is 0. The number of hydrogen-bond donors (Lipinski definition) is 1.